The van der Waals surface area contributed by atoms with Crippen molar-refractivity contribution in [2.45, 2.75) is 13.8 Å². The number of fused-ring (bicyclic) bond motifs is 1. The van der Waals surface area contributed by atoms with Gasteiger partial charge in [0.05, 0.1) is 18.7 Å². The Hall–Kier alpha value is -3.73. The molecule has 0 radical (unpaired) electrons. The molecule has 1 heterocycles. The zero-order chi connectivity index (χ0) is 21.8. The molecule has 0 unspecified atom stereocenters. The minimum absolute atomic E-state index is 0.0927. The Labute approximate surface area is 176 Å². The van der Waals surface area contributed by atoms with Crippen LogP contribution < -0.4 is 0 Å². The number of carbonyl (C=O) groups excluding carboxylic acids is 2. The molecule has 3 aromatic rings. The highest BCUT2D eigenvalue weighted by Crippen LogP contribution is 2.16. The maximum absolute atomic E-state index is 11.7. The van der Waals surface area contributed by atoms with Crippen molar-refractivity contribution in [2.24, 2.45) is 0 Å². The van der Waals surface area contributed by atoms with Gasteiger partial charge in [-0.3, -0.25) is 4.98 Å². The number of hydrogen-bond acceptors (Lipinski definition) is 5. The van der Waals surface area contributed by atoms with Crippen molar-refractivity contribution in [3.63, 3.8) is 0 Å². The van der Waals surface area contributed by atoms with Crippen LogP contribution in [0.1, 0.15) is 25.0 Å². The molecule has 0 amide bonds. The molecule has 1 aromatic heterocycles. The molecule has 0 atom stereocenters. The van der Waals surface area contributed by atoms with Gasteiger partial charge in [0.15, 0.2) is 0 Å². The molecule has 0 bridgehead atoms. The molecule has 0 aliphatic carbocycles. The second-order valence-electron chi connectivity index (χ2n) is 6.03. The number of rotatable bonds is 6. The van der Waals surface area contributed by atoms with Gasteiger partial charge in [0.25, 0.3) is 0 Å². The smallest absolute Gasteiger partial charge is 0.345 e. The highest BCUT2D eigenvalue weighted by atomic mass is 16.6. The Balaban J connectivity index is 0.000000230. The summed E-state index contributed by atoms with van der Waals surface area (Å²) in [5, 5.41) is 1.16. The molecule has 30 heavy (non-hydrogen) atoms. The zero-order valence-electron chi connectivity index (χ0n) is 17.2. The number of pyridine rings is 1. The molecule has 3 rings (SSSR count). The van der Waals surface area contributed by atoms with Crippen molar-refractivity contribution in [3.05, 3.63) is 90.1 Å². The van der Waals surface area contributed by atoms with Crippen molar-refractivity contribution in [3.8, 4) is 0 Å². The van der Waals surface area contributed by atoms with Crippen LogP contribution in [0.15, 0.2) is 79.0 Å². The van der Waals surface area contributed by atoms with E-state index in [4.69, 9.17) is 9.47 Å². The Kier molecular flexibility index (Phi) is 9.00. The Bertz CT molecular complexity index is 1000. The molecule has 0 aliphatic heterocycles. The second-order valence-corrected chi connectivity index (χ2v) is 6.03. The molecule has 2 aromatic carbocycles. The van der Waals surface area contributed by atoms with Gasteiger partial charge >= 0.3 is 11.9 Å². The van der Waals surface area contributed by atoms with Gasteiger partial charge in [-0.25, -0.2) is 9.59 Å². The van der Waals surface area contributed by atoms with Crippen molar-refractivity contribution in [2.75, 3.05) is 13.2 Å². The van der Waals surface area contributed by atoms with Gasteiger partial charge in [0.1, 0.15) is 5.57 Å². The first-order chi connectivity index (χ1) is 14.6. The van der Waals surface area contributed by atoms with Crippen LogP contribution >= 0.6 is 0 Å². The molecular formula is C25H25NO4. The SMILES string of the molecule is C=Cc1ccnc2ccccc12.CCOC(=O)C(=Cc1ccccc1)C(=O)OCC. The highest BCUT2D eigenvalue weighted by molar-refractivity contribution is 6.17. The third-order valence-electron chi connectivity index (χ3n) is 4.00. The van der Waals surface area contributed by atoms with Gasteiger partial charge in [-0.1, -0.05) is 61.2 Å². The number of hydrogen-bond donors (Lipinski definition) is 0. The van der Waals surface area contributed by atoms with E-state index in [1.165, 1.54) is 6.08 Å². The molecule has 5 nitrogen and oxygen atoms in total. The molecule has 0 fully saturated rings. The number of benzene rings is 2. The third-order valence-corrected chi connectivity index (χ3v) is 4.00. The number of nitrogens with zero attached hydrogens (tertiary/aromatic N) is 1. The van der Waals surface area contributed by atoms with E-state index in [1.807, 2.05) is 48.5 Å². The quantitative estimate of drug-likeness (QED) is 0.249. The van der Waals surface area contributed by atoms with Crippen LogP contribution in [0.4, 0.5) is 0 Å². The summed E-state index contributed by atoms with van der Waals surface area (Å²) in [6.07, 6.45) is 5.12. The maximum Gasteiger partial charge on any atom is 0.345 e. The lowest BCUT2D eigenvalue weighted by Crippen LogP contribution is -2.18. The molecule has 0 N–H and O–H groups in total. The van der Waals surface area contributed by atoms with Crippen molar-refractivity contribution >= 4 is 35.0 Å². The summed E-state index contributed by atoms with van der Waals surface area (Å²) in [7, 11) is 0. The van der Waals surface area contributed by atoms with Crippen LogP contribution in [-0.2, 0) is 19.1 Å². The normalized spacial score (nSPS) is 9.67. The lowest BCUT2D eigenvalue weighted by molar-refractivity contribution is -0.146. The Morgan fingerprint density at radius 3 is 2.10 bits per heavy atom. The number of esters is 2. The van der Waals surface area contributed by atoms with Gasteiger partial charge in [-0.2, -0.15) is 0 Å². The van der Waals surface area contributed by atoms with E-state index in [9.17, 15) is 9.59 Å². The first kappa shape index (κ1) is 22.6. The van der Waals surface area contributed by atoms with E-state index in [-0.39, 0.29) is 18.8 Å². The fraction of sp³-hybridized carbons (Fsp3) is 0.160. The van der Waals surface area contributed by atoms with E-state index in [0.29, 0.717) is 0 Å². The van der Waals surface area contributed by atoms with Crippen LogP contribution in [0, 0.1) is 0 Å². The van der Waals surface area contributed by atoms with Crippen LogP contribution in [0.5, 0.6) is 0 Å². The van der Waals surface area contributed by atoms with Gasteiger partial charge in [0, 0.05) is 11.6 Å². The fourth-order valence-corrected chi connectivity index (χ4v) is 2.63. The van der Waals surface area contributed by atoms with Gasteiger partial charge in [0.2, 0.25) is 0 Å². The maximum atomic E-state index is 11.7. The van der Waals surface area contributed by atoms with E-state index < -0.39 is 11.9 Å². The molecule has 0 saturated heterocycles. The lowest BCUT2D eigenvalue weighted by Gasteiger charge is -2.06. The van der Waals surface area contributed by atoms with E-state index in [1.54, 1.807) is 32.2 Å². The summed E-state index contributed by atoms with van der Waals surface area (Å²) in [5.74, 6) is -1.33. The largest absolute Gasteiger partial charge is 0.462 e. The number of carbonyl (C=O) groups is 2. The van der Waals surface area contributed by atoms with Crippen molar-refractivity contribution in [1.82, 2.24) is 4.98 Å². The summed E-state index contributed by atoms with van der Waals surface area (Å²) < 4.78 is 9.67. The molecule has 0 spiro atoms. The van der Waals surface area contributed by atoms with Crippen LogP contribution in [0.2, 0.25) is 0 Å². The van der Waals surface area contributed by atoms with Crippen molar-refractivity contribution in [1.29, 1.82) is 0 Å². The predicted octanol–water partition coefficient (Wildman–Crippen LogP) is 5.07. The minimum Gasteiger partial charge on any atom is -0.462 e. The number of ether oxygens (including phenoxy) is 2. The van der Waals surface area contributed by atoms with Gasteiger partial charge < -0.3 is 9.47 Å². The van der Waals surface area contributed by atoms with Gasteiger partial charge in [-0.15, -0.1) is 0 Å². The van der Waals surface area contributed by atoms with Crippen LogP contribution in [-0.4, -0.2) is 30.1 Å². The fourth-order valence-electron chi connectivity index (χ4n) is 2.63. The van der Waals surface area contributed by atoms with E-state index in [0.717, 1.165) is 22.0 Å². The predicted molar refractivity (Wildman–Crippen MR) is 120 cm³/mol. The Morgan fingerprint density at radius 2 is 1.50 bits per heavy atom. The zero-order valence-corrected chi connectivity index (χ0v) is 17.2. The average Bonchev–Trinajstić information content (AvgIpc) is 2.78. The average molecular weight is 403 g/mol. The summed E-state index contributed by atoms with van der Waals surface area (Å²) in [5.41, 5.74) is 2.81. The monoisotopic (exact) mass is 403 g/mol. The second kappa shape index (κ2) is 12.0. The summed E-state index contributed by atoms with van der Waals surface area (Å²) in [6, 6.07) is 19.1. The number of para-hydroxylation sites is 1. The van der Waals surface area contributed by atoms with E-state index >= 15 is 0 Å². The summed E-state index contributed by atoms with van der Waals surface area (Å²) in [6.45, 7) is 7.55. The standard InChI is InChI=1S/C14H16O4.C11H9N/c1-3-17-13(15)12(14(16)18-4-2)10-11-8-6-5-7-9-11;1-2-9-7-8-12-11-6-4-3-5-10(9)11/h5-10H,3-4H2,1-2H3;2-8H,1H2. The summed E-state index contributed by atoms with van der Waals surface area (Å²) >= 11 is 0. The number of aromatic nitrogens is 1. The topological polar surface area (TPSA) is 65.5 Å². The first-order valence-corrected chi connectivity index (χ1v) is 9.67. The Morgan fingerprint density at radius 1 is 0.900 bits per heavy atom. The molecule has 154 valence electrons. The molecule has 5 heteroatoms. The van der Waals surface area contributed by atoms with E-state index in [2.05, 4.69) is 17.6 Å². The molecule has 0 aliphatic rings. The molecule has 0 saturated carbocycles. The minimum atomic E-state index is -0.667. The lowest BCUT2D eigenvalue weighted by atomic mass is 10.1. The highest BCUT2D eigenvalue weighted by Gasteiger charge is 2.20. The van der Waals surface area contributed by atoms with Crippen molar-refractivity contribution < 1.29 is 19.1 Å². The third kappa shape index (κ3) is 6.41. The first-order valence-electron chi connectivity index (χ1n) is 9.67. The summed E-state index contributed by atoms with van der Waals surface area (Å²) in [4.78, 5) is 27.6. The van der Waals surface area contributed by atoms with Crippen LogP contribution in [0.25, 0.3) is 23.1 Å². The molecular weight excluding hydrogens is 378 g/mol. The van der Waals surface area contributed by atoms with Gasteiger partial charge in [-0.05, 0) is 43.2 Å². The van der Waals surface area contributed by atoms with Crippen LogP contribution in [0.3, 0.4) is 0 Å².